The first-order valence-corrected chi connectivity index (χ1v) is 11.1. The van der Waals surface area contributed by atoms with E-state index in [-0.39, 0.29) is 28.9 Å². The van der Waals surface area contributed by atoms with Gasteiger partial charge < -0.3 is 9.15 Å². The summed E-state index contributed by atoms with van der Waals surface area (Å²) in [6, 6.07) is 9.06. The first-order chi connectivity index (χ1) is 18.4. The van der Waals surface area contributed by atoms with E-state index in [1.165, 1.54) is 25.3 Å². The van der Waals surface area contributed by atoms with Crippen molar-refractivity contribution in [1.82, 2.24) is 4.57 Å². The number of carbonyl (C=O) groups is 1. The molecule has 0 atom stereocenters. The van der Waals surface area contributed by atoms with Gasteiger partial charge in [0.2, 0.25) is 0 Å². The fourth-order valence-corrected chi connectivity index (χ4v) is 3.91. The molecule has 0 aliphatic carbocycles. The first kappa shape index (κ1) is 27.3. The Bertz CT molecular complexity index is 1680. The van der Waals surface area contributed by atoms with E-state index in [0.29, 0.717) is 22.3 Å². The van der Waals surface area contributed by atoms with Crippen LogP contribution in [0, 0.1) is 28.8 Å². The van der Waals surface area contributed by atoms with E-state index in [4.69, 9.17) is 4.42 Å². The average molecular weight is 546 g/mol. The lowest BCUT2D eigenvalue weighted by atomic mass is 10.0. The predicted octanol–water partition coefficient (Wildman–Crippen LogP) is 5.85. The van der Waals surface area contributed by atoms with Crippen molar-refractivity contribution < 1.29 is 40.3 Å². The van der Waals surface area contributed by atoms with Gasteiger partial charge >= 0.3 is 12.1 Å². The van der Waals surface area contributed by atoms with Crippen LogP contribution >= 0.6 is 0 Å². The normalized spacial score (nSPS) is 11.3. The van der Waals surface area contributed by atoms with Crippen LogP contribution in [-0.4, -0.2) is 17.6 Å². The number of esters is 1. The van der Waals surface area contributed by atoms with Crippen LogP contribution in [0.25, 0.3) is 22.6 Å². The molecule has 0 spiro atoms. The Morgan fingerprint density at radius 1 is 1.05 bits per heavy atom. The number of rotatable bonds is 6. The van der Waals surface area contributed by atoms with Crippen molar-refractivity contribution in [2.75, 3.05) is 7.11 Å². The second-order valence-corrected chi connectivity index (χ2v) is 8.32. The van der Waals surface area contributed by atoms with Crippen LogP contribution in [0.5, 0.6) is 0 Å². The van der Waals surface area contributed by atoms with Crippen LogP contribution in [0.3, 0.4) is 0 Å². The van der Waals surface area contributed by atoms with Crippen LogP contribution in [0.2, 0.25) is 0 Å². The highest BCUT2D eigenvalue weighted by Gasteiger charge is 2.37. The number of carbonyl (C=O) groups excluding carboxylic acids is 1. The largest absolute Gasteiger partial charge is 0.469 e. The van der Waals surface area contributed by atoms with E-state index in [0.717, 1.165) is 30.5 Å². The van der Waals surface area contributed by atoms with Crippen LogP contribution in [-0.2, 0) is 28.7 Å². The Morgan fingerprint density at radius 2 is 1.79 bits per heavy atom. The minimum atomic E-state index is -5.11. The Hall–Kier alpha value is -4.79. The van der Waals surface area contributed by atoms with Crippen molar-refractivity contribution in [2.45, 2.75) is 19.1 Å². The molecule has 200 valence electrons. The molecule has 4 rings (SSSR count). The zero-order valence-electron chi connectivity index (χ0n) is 19.9. The molecule has 0 bridgehead atoms. The van der Waals surface area contributed by atoms with Crippen LogP contribution in [0.4, 0.5) is 26.3 Å². The molecule has 39 heavy (non-hydrogen) atoms. The van der Waals surface area contributed by atoms with Crippen molar-refractivity contribution in [2.24, 2.45) is 0 Å². The van der Waals surface area contributed by atoms with E-state index in [2.05, 4.69) is 4.74 Å². The number of furan rings is 1. The van der Waals surface area contributed by atoms with Crippen molar-refractivity contribution >= 4 is 5.97 Å². The number of nitriles is 1. The molecule has 6 nitrogen and oxygen atoms in total. The number of hydrogen-bond donors (Lipinski definition) is 0. The van der Waals surface area contributed by atoms with Crippen LogP contribution < -0.4 is 5.56 Å². The molecular weight excluding hydrogens is 530 g/mol. The minimum absolute atomic E-state index is 0.0547. The van der Waals surface area contributed by atoms with E-state index < -0.39 is 58.5 Å². The van der Waals surface area contributed by atoms with Crippen LogP contribution in [0.1, 0.15) is 22.3 Å². The molecule has 0 amide bonds. The van der Waals surface area contributed by atoms with Gasteiger partial charge in [-0.15, -0.1) is 0 Å². The van der Waals surface area contributed by atoms with E-state index in [1.54, 1.807) is 0 Å². The zero-order valence-corrected chi connectivity index (χ0v) is 19.9. The SMILES string of the molecule is COC(=O)Cc1ccc(F)c(-c2coc(-c3cc(C(F)(F)F)c(C#N)c(=O)n3Cc3ccc(F)cc3F)c2)c1. The van der Waals surface area contributed by atoms with Crippen molar-refractivity contribution in [3.05, 3.63) is 105 Å². The average Bonchev–Trinajstić information content (AvgIpc) is 3.36. The lowest BCUT2D eigenvalue weighted by Crippen LogP contribution is -2.29. The van der Waals surface area contributed by atoms with E-state index in [1.807, 2.05) is 0 Å². The van der Waals surface area contributed by atoms with Gasteiger partial charge in [-0.2, -0.15) is 18.4 Å². The van der Waals surface area contributed by atoms with Crippen molar-refractivity contribution in [3.8, 4) is 28.7 Å². The maximum Gasteiger partial charge on any atom is 0.417 e. The summed E-state index contributed by atoms with van der Waals surface area (Å²) in [6.07, 6.45) is -4.26. The monoisotopic (exact) mass is 546 g/mol. The number of pyridine rings is 1. The zero-order chi connectivity index (χ0) is 28.5. The highest BCUT2D eigenvalue weighted by molar-refractivity contribution is 5.75. The summed E-state index contributed by atoms with van der Waals surface area (Å²) in [4.78, 5) is 24.7. The highest BCUT2D eigenvalue weighted by Crippen LogP contribution is 2.36. The van der Waals surface area contributed by atoms with E-state index >= 15 is 0 Å². The Kier molecular flexibility index (Phi) is 7.36. The van der Waals surface area contributed by atoms with Crippen molar-refractivity contribution in [1.29, 1.82) is 5.26 Å². The maximum atomic E-state index is 14.6. The number of hydrogen-bond acceptors (Lipinski definition) is 5. The molecule has 0 fully saturated rings. The number of ether oxygens (including phenoxy) is 1. The van der Waals surface area contributed by atoms with Gasteiger partial charge in [0.1, 0.15) is 29.1 Å². The number of halogens is 6. The van der Waals surface area contributed by atoms with Gasteiger partial charge in [-0.3, -0.25) is 14.2 Å². The second-order valence-electron chi connectivity index (χ2n) is 8.32. The third-order valence-corrected chi connectivity index (χ3v) is 5.83. The summed E-state index contributed by atoms with van der Waals surface area (Å²) in [5.41, 5.74) is -4.55. The number of aromatic nitrogens is 1. The summed E-state index contributed by atoms with van der Waals surface area (Å²) in [6.45, 7) is -0.674. The topological polar surface area (TPSA) is 85.2 Å². The molecule has 0 saturated heterocycles. The van der Waals surface area contributed by atoms with Crippen LogP contribution in [0.15, 0.2) is 64.0 Å². The summed E-state index contributed by atoms with van der Waals surface area (Å²) in [5, 5.41) is 9.31. The van der Waals surface area contributed by atoms with Gasteiger partial charge in [0.15, 0.2) is 5.76 Å². The van der Waals surface area contributed by atoms with Gasteiger partial charge in [0.25, 0.3) is 5.56 Å². The molecular formula is C27H16F6N2O4. The molecule has 0 saturated carbocycles. The molecule has 2 heterocycles. The van der Waals surface area contributed by atoms with Crippen molar-refractivity contribution in [3.63, 3.8) is 0 Å². The number of benzene rings is 2. The fraction of sp³-hybridized carbons (Fsp3) is 0.148. The lowest BCUT2D eigenvalue weighted by molar-refractivity contribution is -0.140. The second kappa shape index (κ2) is 10.5. The number of methoxy groups -OCH3 is 1. The Morgan fingerprint density at radius 3 is 2.44 bits per heavy atom. The summed E-state index contributed by atoms with van der Waals surface area (Å²) in [7, 11) is 1.18. The van der Waals surface area contributed by atoms with Gasteiger partial charge in [0, 0.05) is 22.8 Å². The standard InChI is InChI=1S/C27H16F6N2O4/c1-38-25(36)7-14-2-5-21(29)18(6-14)16-8-24(39-13-16)23-10-20(27(31,32)33)19(11-34)26(37)35(23)12-15-3-4-17(28)9-22(15)30/h2-6,8-10,13H,7,12H2,1H3. The molecule has 2 aromatic carbocycles. The summed E-state index contributed by atoms with van der Waals surface area (Å²) in [5.74, 6) is -3.65. The molecule has 0 N–H and O–H groups in total. The Labute approximate surface area is 216 Å². The van der Waals surface area contributed by atoms with Gasteiger partial charge in [0.05, 0.1) is 37.6 Å². The van der Waals surface area contributed by atoms with E-state index in [9.17, 15) is 41.2 Å². The molecule has 0 unspecified atom stereocenters. The summed E-state index contributed by atoms with van der Waals surface area (Å²) < 4.78 is 94.4. The lowest BCUT2D eigenvalue weighted by Gasteiger charge is -2.16. The molecule has 0 aliphatic rings. The molecule has 2 aromatic heterocycles. The number of alkyl halides is 3. The van der Waals surface area contributed by atoms with Gasteiger partial charge in [-0.1, -0.05) is 12.1 Å². The molecule has 0 radical (unpaired) electrons. The fourth-order valence-electron chi connectivity index (χ4n) is 3.91. The molecule has 12 heteroatoms. The quantitative estimate of drug-likeness (QED) is 0.224. The predicted molar refractivity (Wildman–Crippen MR) is 125 cm³/mol. The molecule has 0 aliphatic heterocycles. The Balaban J connectivity index is 1.89. The minimum Gasteiger partial charge on any atom is -0.469 e. The molecule has 4 aromatic rings. The first-order valence-electron chi connectivity index (χ1n) is 11.1. The summed E-state index contributed by atoms with van der Waals surface area (Å²) >= 11 is 0. The highest BCUT2D eigenvalue weighted by atomic mass is 19.4. The van der Waals surface area contributed by atoms with Gasteiger partial charge in [-0.05, 0) is 35.9 Å². The smallest absolute Gasteiger partial charge is 0.417 e. The van der Waals surface area contributed by atoms with Gasteiger partial charge in [-0.25, -0.2) is 13.2 Å². The third kappa shape index (κ3) is 5.57. The third-order valence-electron chi connectivity index (χ3n) is 5.83. The maximum absolute atomic E-state index is 14.6. The number of nitrogens with zero attached hydrogens (tertiary/aromatic N) is 2.